The molecule has 7 heteroatoms. The Morgan fingerprint density at radius 2 is 1.77 bits per heavy atom. The molecule has 30 heavy (non-hydrogen) atoms. The van der Waals surface area contributed by atoms with Crippen LogP contribution >= 0.6 is 0 Å². The van der Waals surface area contributed by atoms with Crippen molar-refractivity contribution in [2.24, 2.45) is 17.8 Å². The van der Waals surface area contributed by atoms with E-state index in [1.54, 1.807) is 26.2 Å². The topological polar surface area (TPSA) is 67.2 Å². The number of nitrogens with one attached hydrogen (secondary N) is 1. The third-order valence-electron chi connectivity index (χ3n) is 7.68. The Morgan fingerprint density at radius 1 is 1.13 bits per heavy atom. The number of benzene rings is 1. The highest BCUT2D eigenvalue weighted by atomic mass is 32.2. The zero-order valence-corrected chi connectivity index (χ0v) is 19.2. The van der Waals surface area contributed by atoms with Gasteiger partial charge in [0.15, 0.2) is 0 Å². The Bertz CT molecular complexity index is 1020. The van der Waals surface area contributed by atoms with Crippen molar-refractivity contribution in [3.63, 3.8) is 0 Å². The van der Waals surface area contributed by atoms with E-state index in [4.69, 9.17) is 4.98 Å². The van der Waals surface area contributed by atoms with Gasteiger partial charge in [-0.1, -0.05) is 6.92 Å². The number of nitrogens with zero attached hydrogens (tertiary/aromatic N) is 3. The van der Waals surface area contributed by atoms with Crippen LogP contribution in [-0.2, 0) is 23.1 Å². The van der Waals surface area contributed by atoms with Gasteiger partial charge in [0.05, 0.1) is 22.5 Å². The largest absolute Gasteiger partial charge is 0.327 e. The van der Waals surface area contributed by atoms with Crippen LogP contribution in [-0.4, -0.2) is 41.9 Å². The summed E-state index contributed by atoms with van der Waals surface area (Å²) < 4.78 is 28.6. The van der Waals surface area contributed by atoms with Crippen LogP contribution in [0.4, 0.5) is 0 Å². The first-order chi connectivity index (χ1) is 14.3. The maximum absolute atomic E-state index is 12.6. The number of hydrogen-bond acceptors (Lipinski definition) is 4. The highest BCUT2D eigenvalue weighted by molar-refractivity contribution is 7.89. The average molecular weight is 431 g/mol. The molecule has 4 aliphatic rings. The first-order valence-corrected chi connectivity index (χ1v) is 12.9. The number of rotatable bonds is 7. The van der Waals surface area contributed by atoms with E-state index in [1.807, 2.05) is 6.07 Å². The summed E-state index contributed by atoms with van der Waals surface area (Å²) >= 11 is 0. The molecule has 1 heterocycles. The Hall–Kier alpha value is -1.44. The zero-order chi connectivity index (χ0) is 21.1. The summed E-state index contributed by atoms with van der Waals surface area (Å²) in [5, 5.41) is 3.96. The Labute approximate surface area is 180 Å². The molecule has 4 aliphatic carbocycles. The number of sulfonamides is 1. The van der Waals surface area contributed by atoms with Crippen LogP contribution in [0.1, 0.15) is 57.7 Å². The van der Waals surface area contributed by atoms with Gasteiger partial charge in [0, 0.05) is 26.2 Å². The van der Waals surface area contributed by atoms with E-state index in [9.17, 15) is 8.42 Å². The molecular weight excluding hydrogens is 396 g/mol. The molecule has 1 aromatic heterocycles. The van der Waals surface area contributed by atoms with Gasteiger partial charge in [0.1, 0.15) is 5.82 Å². The van der Waals surface area contributed by atoms with Crippen LogP contribution in [0.2, 0.25) is 0 Å². The van der Waals surface area contributed by atoms with E-state index in [0.717, 1.165) is 54.1 Å². The maximum Gasteiger partial charge on any atom is 0.242 e. The Balaban J connectivity index is 1.44. The van der Waals surface area contributed by atoms with Gasteiger partial charge in [-0.25, -0.2) is 17.7 Å². The quantitative estimate of drug-likeness (QED) is 0.726. The summed E-state index contributed by atoms with van der Waals surface area (Å²) in [5.41, 5.74) is 2.09. The number of fused-ring (bicyclic) bond motifs is 1. The molecule has 164 valence electrons. The maximum atomic E-state index is 12.6. The zero-order valence-electron chi connectivity index (χ0n) is 18.4. The van der Waals surface area contributed by atoms with E-state index in [-0.39, 0.29) is 0 Å². The second-order valence-electron chi connectivity index (χ2n) is 10.2. The van der Waals surface area contributed by atoms with E-state index >= 15 is 0 Å². The highest BCUT2D eigenvalue weighted by Gasteiger charge is 2.50. The molecule has 1 aromatic carbocycles. The van der Waals surface area contributed by atoms with E-state index in [0.29, 0.717) is 10.4 Å². The molecule has 0 radical (unpaired) electrons. The van der Waals surface area contributed by atoms with Crippen molar-refractivity contribution in [1.29, 1.82) is 0 Å². The lowest BCUT2D eigenvalue weighted by Crippen LogP contribution is -2.58. The van der Waals surface area contributed by atoms with Gasteiger partial charge >= 0.3 is 0 Å². The fourth-order valence-corrected chi connectivity index (χ4v) is 7.65. The Kier molecular flexibility index (Phi) is 4.99. The molecular formula is C23H34N4O2S. The van der Waals surface area contributed by atoms with Crippen molar-refractivity contribution in [3.8, 4) is 0 Å². The van der Waals surface area contributed by atoms with Gasteiger partial charge in [-0.2, -0.15) is 0 Å². The third kappa shape index (κ3) is 3.39. The van der Waals surface area contributed by atoms with E-state index in [1.165, 1.54) is 42.8 Å². The van der Waals surface area contributed by atoms with Gasteiger partial charge in [-0.3, -0.25) is 0 Å². The predicted octanol–water partition coefficient (Wildman–Crippen LogP) is 3.76. The second kappa shape index (κ2) is 7.31. The summed E-state index contributed by atoms with van der Waals surface area (Å²) in [4.78, 5) is 5.21. The van der Waals surface area contributed by atoms with Crippen LogP contribution < -0.4 is 5.32 Å². The minimum absolute atomic E-state index is 0.295. The first-order valence-electron chi connectivity index (χ1n) is 11.5. The number of aromatic nitrogens is 2. The van der Waals surface area contributed by atoms with Gasteiger partial charge in [0.2, 0.25) is 10.0 Å². The lowest BCUT2D eigenvalue weighted by Gasteiger charge is -2.57. The smallest absolute Gasteiger partial charge is 0.242 e. The number of imidazole rings is 1. The van der Waals surface area contributed by atoms with Crippen molar-refractivity contribution in [1.82, 2.24) is 19.2 Å². The summed E-state index contributed by atoms with van der Waals surface area (Å²) in [6, 6.07) is 5.36. The van der Waals surface area contributed by atoms with Crippen LogP contribution in [0.5, 0.6) is 0 Å². The van der Waals surface area contributed by atoms with Crippen molar-refractivity contribution in [2.75, 3.05) is 14.1 Å². The van der Waals surface area contributed by atoms with Crippen molar-refractivity contribution >= 4 is 21.1 Å². The molecule has 1 N–H and O–H groups in total. The molecule has 6 nitrogen and oxygen atoms in total. The first kappa shape index (κ1) is 20.5. The number of hydrogen-bond donors (Lipinski definition) is 1. The Morgan fingerprint density at radius 3 is 2.33 bits per heavy atom. The van der Waals surface area contributed by atoms with Gasteiger partial charge in [-0.15, -0.1) is 0 Å². The van der Waals surface area contributed by atoms with Gasteiger partial charge in [0.25, 0.3) is 0 Å². The SMILES string of the molecule is CCCn1c(CNC23CC4CC(CC(C4)C2)C3)nc2cc(S(=O)(=O)N(C)C)ccc21. The molecule has 0 saturated heterocycles. The predicted molar refractivity (Wildman–Crippen MR) is 119 cm³/mol. The second-order valence-corrected chi connectivity index (χ2v) is 12.3. The van der Waals surface area contributed by atoms with E-state index < -0.39 is 10.0 Å². The molecule has 6 rings (SSSR count). The van der Waals surface area contributed by atoms with Crippen molar-refractivity contribution in [3.05, 3.63) is 24.0 Å². The minimum Gasteiger partial charge on any atom is -0.327 e. The molecule has 0 amide bonds. The van der Waals surface area contributed by atoms with Crippen molar-refractivity contribution < 1.29 is 8.42 Å². The summed E-state index contributed by atoms with van der Waals surface area (Å²) in [6.07, 6.45) is 9.30. The fourth-order valence-electron chi connectivity index (χ4n) is 6.73. The lowest BCUT2D eigenvalue weighted by atomic mass is 9.53. The van der Waals surface area contributed by atoms with Crippen LogP contribution in [0.3, 0.4) is 0 Å². The van der Waals surface area contributed by atoms with Gasteiger partial charge in [-0.05, 0) is 80.9 Å². The third-order valence-corrected chi connectivity index (χ3v) is 9.50. The lowest BCUT2D eigenvalue weighted by molar-refractivity contribution is -0.0210. The van der Waals surface area contributed by atoms with Gasteiger partial charge < -0.3 is 9.88 Å². The molecule has 0 atom stereocenters. The van der Waals surface area contributed by atoms with Crippen LogP contribution in [0, 0.1) is 17.8 Å². The molecule has 2 aromatic rings. The molecule has 0 spiro atoms. The van der Waals surface area contributed by atoms with Crippen LogP contribution in [0.15, 0.2) is 23.1 Å². The van der Waals surface area contributed by atoms with Crippen LogP contribution in [0.25, 0.3) is 11.0 Å². The summed E-state index contributed by atoms with van der Waals surface area (Å²) in [6.45, 7) is 3.83. The molecule has 0 aliphatic heterocycles. The van der Waals surface area contributed by atoms with E-state index in [2.05, 4.69) is 16.8 Å². The van der Waals surface area contributed by atoms with Crippen molar-refractivity contribution in [2.45, 2.75) is 75.4 Å². The summed E-state index contributed by atoms with van der Waals surface area (Å²) in [5.74, 6) is 3.77. The molecule has 0 unspecified atom stereocenters. The molecule has 4 fully saturated rings. The normalized spacial score (nSPS) is 30.6. The number of aryl methyl sites for hydroxylation is 1. The highest BCUT2D eigenvalue weighted by Crippen LogP contribution is 2.55. The molecule has 4 saturated carbocycles. The minimum atomic E-state index is -3.46. The standard InChI is InChI=1S/C23H34N4O2S/c1-4-7-27-21-6-5-19(30(28,29)26(2)3)11-20(21)25-22(27)15-24-23-12-16-8-17(13-23)10-18(9-16)14-23/h5-6,11,16-18,24H,4,7-10,12-15H2,1-3H3. The molecule has 4 bridgehead atoms. The monoisotopic (exact) mass is 430 g/mol. The average Bonchev–Trinajstić information content (AvgIpc) is 3.02. The summed E-state index contributed by atoms with van der Waals surface area (Å²) in [7, 11) is -0.328. The fraction of sp³-hybridized carbons (Fsp3) is 0.696.